The van der Waals surface area contributed by atoms with Gasteiger partial charge in [-0.05, 0) is 31.4 Å². The number of carbonyl (C=O) groups excluding carboxylic acids is 1. The Hall–Kier alpha value is -1.17. The Kier molecular flexibility index (Phi) is 4.39. The number of amides is 1. The van der Waals surface area contributed by atoms with Crippen LogP contribution in [0.2, 0.25) is 0 Å². The summed E-state index contributed by atoms with van der Waals surface area (Å²) >= 11 is 0. The van der Waals surface area contributed by atoms with Crippen molar-refractivity contribution in [2.24, 2.45) is 11.7 Å². The zero-order valence-electron chi connectivity index (χ0n) is 11.7. The number of hydrogen-bond donors (Lipinski definition) is 1. The number of nitrogens with zero attached hydrogens (tertiary/aromatic N) is 2. The van der Waals surface area contributed by atoms with E-state index in [0.29, 0.717) is 12.5 Å². The van der Waals surface area contributed by atoms with Gasteiger partial charge in [0.25, 0.3) is 0 Å². The second-order valence-corrected chi connectivity index (χ2v) is 5.38. The first kappa shape index (κ1) is 14.2. The molecule has 0 spiro atoms. The molecule has 1 saturated carbocycles. The highest BCUT2D eigenvalue weighted by molar-refractivity contribution is 5.83. The molecule has 1 aliphatic carbocycles. The molecule has 2 rings (SSSR count). The fraction of sp³-hybridized carbons (Fsp3) is 0.643. The van der Waals surface area contributed by atoms with E-state index in [1.54, 1.807) is 6.08 Å². The zero-order chi connectivity index (χ0) is 14.0. The minimum atomic E-state index is -0.256. The molecule has 1 amide bonds. The van der Waals surface area contributed by atoms with E-state index in [-0.39, 0.29) is 18.0 Å². The second kappa shape index (κ2) is 5.86. The van der Waals surface area contributed by atoms with Crippen LogP contribution >= 0.6 is 0 Å². The Morgan fingerprint density at radius 1 is 1.68 bits per heavy atom. The number of likely N-dealkylation sites (N-methyl/N-ethyl adjacent to an activating group) is 2. The van der Waals surface area contributed by atoms with Crippen LogP contribution in [0.1, 0.15) is 12.8 Å². The minimum absolute atomic E-state index is 0.149. The molecule has 0 unspecified atom stereocenters. The van der Waals surface area contributed by atoms with Gasteiger partial charge in [0.2, 0.25) is 5.91 Å². The predicted molar refractivity (Wildman–Crippen MR) is 74.1 cm³/mol. The zero-order valence-corrected chi connectivity index (χ0v) is 11.7. The van der Waals surface area contributed by atoms with Crippen molar-refractivity contribution in [1.29, 1.82) is 0 Å². The van der Waals surface area contributed by atoms with Crippen LogP contribution in [0.4, 0.5) is 0 Å². The van der Waals surface area contributed by atoms with Crippen LogP contribution in [-0.4, -0.2) is 55.2 Å². The Morgan fingerprint density at radius 3 is 2.89 bits per heavy atom. The van der Waals surface area contributed by atoms with Gasteiger partial charge in [0.15, 0.2) is 0 Å². The van der Waals surface area contributed by atoms with E-state index in [2.05, 4.69) is 12.7 Å². The van der Waals surface area contributed by atoms with Crippen molar-refractivity contribution in [3.05, 3.63) is 24.3 Å². The van der Waals surface area contributed by atoms with E-state index >= 15 is 0 Å². The lowest BCUT2D eigenvalue weighted by Crippen LogP contribution is -2.53. The van der Waals surface area contributed by atoms with Crippen LogP contribution in [0.3, 0.4) is 0 Å². The van der Waals surface area contributed by atoms with E-state index in [1.807, 2.05) is 24.1 Å². The number of primary amides is 1. The molecule has 0 saturated heterocycles. The van der Waals surface area contributed by atoms with Gasteiger partial charge < -0.3 is 5.73 Å². The van der Waals surface area contributed by atoms with Gasteiger partial charge in [-0.1, -0.05) is 12.2 Å². The molecule has 106 valence electrons. The number of nitrogens with two attached hydrogens (primary N) is 1. The maximum Gasteiger partial charge on any atom is 0.239 e. The average Bonchev–Trinajstić information content (AvgIpc) is 3.18. The maximum absolute atomic E-state index is 11.6. The lowest BCUT2D eigenvalue weighted by molar-refractivity contribution is -0.153. The largest absolute Gasteiger partial charge is 0.368 e. The molecule has 0 aromatic rings. The highest BCUT2D eigenvalue weighted by Crippen LogP contribution is 2.41. The van der Waals surface area contributed by atoms with Gasteiger partial charge in [0.05, 0.1) is 12.6 Å². The molecule has 0 radical (unpaired) electrons. The third-order valence-electron chi connectivity index (χ3n) is 3.80. The van der Waals surface area contributed by atoms with E-state index in [4.69, 9.17) is 10.6 Å². The summed E-state index contributed by atoms with van der Waals surface area (Å²) in [5, 5.41) is 1.83. The summed E-state index contributed by atoms with van der Waals surface area (Å²) in [6, 6.07) is -0.104. The van der Waals surface area contributed by atoms with Crippen molar-refractivity contribution in [1.82, 2.24) is 9.96 Å². The Bertz CT molecular complexity index is 390. The fourth-order valence-electron chi connectivity index (χ4n) is 2.66. The molecule has 1 fully saturated rings. The van der Waals surface area contributed by atoms with Crippen LogP contribution in [0, 0.1) is 5.92 Å². The first-order valence-electron chi connectivity index (χ1n) is 6.72. The molecule has 2 N–H and O–H groups in total. The van der Waals surface area contributed by atoms with Crippen molar-refractivity contribution in [2.45, 2.75) is 24.9 Å². The predicted octanol–water partition coefficient (Wildman–Crippen LogP) is 0.540. The SMILES string of the molecule is C=CCON(C)[C@@H]1C=C(C2CC2)[C@@H](C(N)=O)N(C)C1. The first-order chi connectivity index (χ1) is 9.04. The monoisotopic (exact) mass is 265 g/mol. The molecule has 0 aromatic carbocycles. The van der Waals surface area contributed by atoms with E-state index in [0.717, 1.165) is 19.4 Å². The molecular weight excluding hydrogens is 242 g/mol. The van der Waals surface area contributed by atoms with Crippen LogP contribution in [-0.2, 0) is 9.63 Å². The van der Waals surface area contributed by atoms with Gasteiger partial charge in [-0.2, -0.15) is 5.06 Å². The van der Waals surface area contributed by atoms with Crippen molar-refractivity contribution in [3.63, 3.8) is 0 Å². The minimum Gasteiger partial charge on any atom is -0.368 e. The molecular formula is C14H23N3O2. The lowest BCUT2D eigenvalue weighted by atomic mass is 9.93. The fourth-order valence-corrected chi connectivity index (χ4v) is 2.66. The summed E-state index contributed by atoms with van der Waals surface area (Å²) in [4.78, 5) is 19.2. The summed E-state index contributed by atoms with van der Waals surface area (Å²) in [6.07, 6.45) is 6.21. The standard InChI is InChI=1S/C14H23N3O2/c1-4-7-19-17(3)11-8-12(10-5-6-10)13(14(15)18)16(2)9-11/h4,8,10-11,13H,1,5-7,9H2,2-3H3,(H2,15,18)/t11-,13+/m1/s1. The first-order valence-corrected chi connectivity index (χ1v) is 6.72. The number of hydroxylamine groups is 2. The average molecular weight is 265 g/mol. The van der Waals surface area contributed by atoms with E-state index < -0.39 is 0 Å². The highest BCUT2D eigenvalue weighted by atomic mass is 16.7. The molecule has 5 nitrogen and oxygen atoms in total. The Morgan fingerprint density at radius 2 is 2.37 bits per heavy atom. The van der Waals surface area contributed by atoms with Gasteiger partial charge in [-0.3, -0.25) is 14.5 Å². The third-order valence-corrected chi connectivity index (χ3v) is 3.80. The van der Waals surface area contributed by atoms with Crippen molar-refractivity contribution in [2.75, 3.05) is 27.2 Å². The van der Waals surface area contributed by atoms with Crippen LogP contribution in [0.15, 0.2) is 24.3 Å². The van der Waals surface area contributed by atoms with E-state index in [1.165, 1.54) is 5.57 Å². The Labute approximate surface area is 114 Å². The van der Waals surface area contributed by atoms with Crippen LogP contribution in [0.5, 0.6) is 0 Å². The van der Waals surface area contributed by atoms with Crippen molar-refractivity contribution in [3.8, 4) is 0 Å². The Balaban J connectivity index is 2.14. The molecule has 19 heavy (non-hydrogen) atoms. The van der Waals surface area contributed by atoms with Crippen molar-refractivity contribution < 1.29 is 9.63 Å². The summed E-state index contributed by atoms with van der Waals surface area (Å²) in [6.45, 7) is 4.86. The quantitative estimate of drug-likeness (QED) is 0.562. The van der Waals surface area contributed by atoms with Gasteiger partial charge in [-0.15, -0.1) is 6.58 Å². The normalized spacial score (nSPS) is 28.3. The molecule has 5 heteroatoms. The van der Waals surface area contributed by atoms with Gasteiger partial charge in [0, 0.05) is 13.6 Å². The summed E-state index contributed by atoms with van der Waals surface area (Å²) < 4.78 is 0. The molecule has 1 aliphatic heterocycles. The molecule has 2 atom stereocenters. The summed E-state index contributed by atoms with van der Waals surface area (Å²) in [5.74, 6) is 0.268. The molecule has 1 heterocycles. The van der Waals surface area contributed by atoms with Gasteiger partial charge in [0.1, 0.15) is 6.04 Å². The third kappa shape index (κ3) is 3.23. The van der Waals surface area contributed by atoms with Gasteiger partial charge in [-0.25, -0.2) is 0 Å². The van der Waals surface area contributed by atoms with Crippen LogP contribution < -0.4 is 5.73 Å². The summed E-state index contributed by atoms with van der Waals surface area (Å²) in [7, 11) is 3.85. The van der Waals surface area contributed by atoms with E-state index in [9.17, 15) is 4.79 Å². The number of hydrogen-bond acceptors (Lipinski definition) is 4. The number of rotatable bonds is 6. The topological polar surface area (TPSA) is 58.8 Å². The molecule has 0 aromatic heterocycles. The molecule has 0 bridgehead atoms. The smallest absolute Gasteiger partial charge is 0.239 e. The summed E-state index contributed by atoms with van der Waals surface area (Å²) in [5.41, 5.74) is 6.70. The second-order valence-electron chi connectivity index (χ2n) is 5.38. The lowest BCUT2D eigenvalue weighted by Gasteiger charge is -2.38. The van der Waals surface area contributed by atoms with Crippen LogP contribution in [0.25, 0.3) is 0 Å². The molecule has 2 aliphatic rings. The van der Waals surface area contributed by atoms with Gasteiger partial charge >= 0.3 is 0 Å². The highest BCUT2D eigenvalue weighted by Gasteiger charge is 2.40. The number of carbonyl (C=O) groups is 1. The van der Waals surface area contributed by atoms with Crippen molar-refractivity contribution >= 4 is 5.91 Å². The maximum atomic E-state index is 11.6.